The van der Waals surface area contributed by atoms with Crippen LogP contribution in [-0.2, 0) is 0 Å². The van der Waals surface area contributed by atoms with Crippen molar-refractivity contribution in [1.82, 2.24) is 0 Å². The van der Waals surface area contributed by atoms with Crippen LogP contribution in [0.15, 0.2) is 0 Å². The first-order valence-electron chi connectivity index (χ1n) is 28.0. The van der Waals surface area contributed by atoms with Gasteiger partial charge < -0.3 is 0 Å². The molecule has 0 aliphatic carbocycles. The molecule has 0 aliphatic rings. The van der Waals surface area contributed by atoms with Crippen molar-refractivity contribution in [2.75, 3.05) is 11.5 Å². The third-order valence-electron chi connectivity index (χ3n) is 13.3. The summed E-state index contributed by atoms with van der Waals surface area (Å²) in [4.78, 5) is 0. The summed E-state index contributed by atoms with van der Waals surface area (Å²) in [6.07, 6.45) is 77.1. The minimum absolute atomic E-state index is 1.37. The molecule has 0 aromatic rings. The second kappa shape index (κ2) is 56.4. The smallest absolute Gasteiger partial charge is 0.00675 e. The van der Waals surface area contributed by atoms with E-state index in [4.69, 9.17) is 0 Å². The first-order chi connectivity index (χ1) is 28.4. The van der Waals surface area contributed by atoms with Crippen LogP contribution < -0.4 is 0 Å². The maximum atomic E-state index is 2.31. The molecule has 0 bridgehead atoms. The van der Waals surface area contributed by atoms with E-state index in [1.165, 1.54) is 345 Å². The highest BCUT2D eigenvalue weighted by Crippen LogP contribution is 2.19. The molecule has 0 heterocycles. The number of unbranched alkanes of at least 4 members (excludes halogenated alkanes) is 50. The Labute approximate surface area is 369 Å². The van der Waals surface area contributed by atoms with Crippen LogP contribution in [0.1, 0.15) is 348 Å². The van der Waals surface area contributed by atoms with E-state index in [9.17, 15) is 0 Å². The second-order valence-corrected chi connectivity index (χ2v) is 20.5. The van der Waals surface area contributed by atoms with Gasteiger partial charge in [-0.05, 0) is 24.3 Å². The fourth-order valence-electron chi connectivity index (χ4n) is 9.14. The Morgan fingerprint density at radius 3 is 0.368 bits per heavy atom. The normalized spacial score (nSPS) is 11.7. The molecule has 0 unspecified atom stereocenters. The van der Waals surface area contributed by atoms with Crippen molar-refractivity contribution in [3.8, 4) is 0 Å². The molecule has 0 saturated carbocycles. The van der Waals surface area contributed by atoms with Crippen molar-refractivity contribution >= 4 is 11.8 Å². The molecular weight excluding hydrogens is 705 g/mol. The fourth-order valence-corrected chi connectivity index (χ4v) is 10.2. The molecule has 0 saturated heterocycles. The highest BCUT2D eigenvalue weighted by atomic mass is 32.2. The lowest BCUT2D eigenvalue weighted by atomic mass is 10.0. The van der Waals surface area contributed by atoms with Crippen molar-refractivity contribution in [1.29, 1.82) is 0 Å². The Morgan fingerprint density at radius 1 is 0.140 bits per heavy atom. The molecule has 57 heavy (non-hydrogen) atoms. The summed E-state index contributed by atoms with van der Waals surface area (Å²) < 4.78 is 0. The Bertz CT molecular complexity index is 589. The molecule has 344 valence electrons. The first kappa shape index (κ1) is 57.3. The van der Waals surface area contributed by atoms with Gasteiger partial charge in [-0.3, -0.25) is 0 Å². The highest BCUT2D eigenvalue weighted by Gasteiger charge is 1.99. The SMILES string of the molecule is CCCCCCCCCCCCCCCCCCCCCCCCCCCCSCCCCCCCCCCCCCCCCCCCCCCCCCCCC. The molecule has 0 N–H and O–H groups in total. The number of hydrogen-bond acceptors (Lipinski definition) is 1. The Morgan fingerprint density at radius 2 is 0.246 bits per heavy atom. The van der Waals surface area contributed by atoms with E-state index in [-0.39, 0.29) is 0 Å². The zero-order chi connectivity index (χ0) is 40.9. The Kier molecular flexibility index (Phi) is 56.7. The van der Waals surface area contributed by atoms with Gasteiger partial charge in [-0.2, -0.15) is 11.8 Å². The molecule has 0 atom stereocenters. The predicted octanol–water partition coefficient (Wildman–Crippen LogP) is 22.0. The van der Waals surface area contributed by atoms with Crippen molar-refractivity contribution < 1.29 is 0 Å². The van der Waals surface area contributed by atoms with E-state index in [1.807, 2.05) is 0 Å². The van der Waals surface area contributed by atoms with Crippen LogP contribution >= 0.6 is 11.8 Å². The molecule has 0 aliphatic heterocycles. The fraction of sp³-hybridized carbons (Fsp3) is 1.00. The Balaban J connectivity index is 3.05. The van der Waals surface area contributed by atoms with Gasteiger partial charge in [0.2, 0.25) is 0 Å². The van der Waals surface area contributed by atoms with Crippen molar-refractivity contribution in [2.45, 2.75) is 348 Å². The van der Waals surface area contributed by atoms with E-state index >= 15 is 0 Å². The van der Waals surface area contributed by atoms with E-state index < -0.39 is 0 Å². The summed E-state index contributed by atoms with van der Waals surface area (Å²) in [6, 6.07) is 0. The zero-order valence-corrected chi connectivity index (χ0v) is 41.4. The van der Waals surface area contributed by atoms with Crippen LogP contribution in [0.25, 0.3) is 0 Å². The third kappa shape index (κ3) is 56.4. The predicted molar refractivity (Wildman–Crippen MR) is 269 cm³/mol. The standard InChI is InChI=1S/C56H114S/c1-3-5-7-9-11-13-15-17-19-21-23-25-27-29-31-33-35-37-39-41-43-45-47-49-51-53-55-57-56-54-52-50-48-46-44-42-40-38-36-34-32-30-28-26-24-22-20-18-16-14-12-10-8-6-4-2/h3-56H2,1-2H3. The summed E-state index contributed by atoms with van der Waals surface area (Å²) >= 11 is 2.24. The van der Waals surface area contributed by atoms with E-state index in [1.54, 1.807) is 0 Å². The minimum Gasteiger partial charge on any atom is -0.162 e. The monoisotopic (exact) mass is 819 g/mol. The molecule has 1 heteroatoms. The molecule has 0 radical (unpaired) electrons. The van der Waals surface area contributed by atoms with Crippen molar-refractivity contribution in [3.63, 3.8) is 0 Å². The number of rotatable bonds is 54. The van der Waals surface area contributed by atoms with Gasteiger partial charge in [-0.1, -0.05) is 335 Å². The summed E-state index contributed by atoms with van der Waals surface area (Å²) in [5.41, 5.74) is 0. The van der Waals surface area contributed by atoms with Crippen LogP contribution in [0.4, 0.5) is 0 Å². The molecule has 0 aromatic heterocycles. The lowest BCUT2D eigenvalue weighted by molar-refractivity contribution is 0.516. The maximum absolute atomic E-state index is 2.31. The first-order valence-corrected chi connectivity index (χ1v) is 29.1. The highest BCUT2D eigenvalue weighted by molar-refractivity contribution is 7.99. The van der Waals surface area contributed by atoms with Gasteiger partial charge in [0.05, 0.1) is 0 Å². The maximum Gasteiger partial charge on any atom is -0.00675 e. The summed E-state index contributed by atoms with van der Waals surface area (Å²) in [7, 11) is 0. The molecule has 0 spiro atoms. The van der Waals surface area contributed by atoms with Gasteiger partial charge in [0.15, 0.2) is 0 Å². The van der Waals surface area contributed by atoms with Crippen molar-refractivity contribution in [3.05, 3.63) is 0 Å². The zero-order valence-electron chi connectivity index (χ0n) is 40.6. The van der Waals surface area contributed by atoms with Gasteiger partial charge in [-0.25, -0.2) is 0 Å². The van der Waals surface area contributed by atoms with Crippen LogP contribution in [0, 0.1) is 0 Å². The minimum atomic E-state index is 1.37. The van der Waals surface area contributed by atoms with Crippen LogP contribution in [0.5, 0.6) is 0 Å². The average Bonchev–Trinajstić information content (AvgIpc) is 3.22. The van der Waals surface area contributed by atoms with Gasteiger partial charge in [0.25, 0.3) is 0 Å². The molecule has 0 nitrogen and oxygen atoms in total. The lowest BCUT2D eigenvalue weighted by Gasteiger charge is -2.05. The number of thioether (sulfide) groups is 1. The molecule has 0 rings (SSSR count). The molecule has 0 amide bonds. The van der Waals surface area contributed by atoms with Crippen LogP contribution in [0.3, 0.4) is 0 Å². The third-order valence-corrected chi connectivity index (χ3v) is 14.4. The largest absolute Gasteiger partial charge is 0.162 e. The topological polar surface area (TPSA) is 0 Å². The number of hydrogen-bond donors (Lipinski definition) is 0. The summed E-state index contributed by atoms with van der Waals surface area (Å²) in [6.45, 7) is 4.63. The summed E-state index contributed by atoms with van der Waals surface area (Å²) in [5.74, 6) is 2.83. The molecule has 0 aromatic carbocycles. The summed E-state index contributed by atoms with van der Waals surface area (Å²) in [5, 5.41) is 0. The van der Waals surface area contributed by atoms with E-state index in [0.29, 0.717) is 0 Å². The average molecular weight is 820 g/mol. The lowest BCUT2D eigenvalue weighted by Crippen LogP contribution is -1.87. The van der Waals surface area contributed by atoms with Gasteiger partial charge in [0, 0.05) is 0 Å². The molecular formula is C56H114S. The quantitative estimate of drug-likeness (QED) is 0.0551. The molecule has 0 fully saturated rings. The van der Waals surface area contributed by atoms with Crippen molar-refractivity contribution in [2.24, 2.45) is 0 Å². The van der Waals surface area contributed by atoms with Gasteiger partial charge in [0.1, 0.15) is 0 Å². The second-order valence-electron chi connectivity index (χ2n) is 19.3. The van der Waals surface area contributed by atoms with Crippen LogP contribution in [-0.4, -0.2) is 11.5 Å². The Hall–Kier alpha value is 0.350. The van der Waals surface area contributed by atoms with E-state index in [2.05, 4.69) is 25.6 Å². The van der Waals surface area contributed by atoms with Gasteiger partial charge >= 0.3 is 0 Å². The van der Waals surface area contributed by atoms with Gasteiger partial charge in [-0.15, -0.1) is 0 Å². The van der Waals surface area contributed by atoms with E-state index in [0.717, 1.165) is 0 Å². The van der Waals surface area contributed by atoms with Crippen LogP contribution in [0.2, 0.25) is 0 Å².